The lowest BCUT2D eigenvalue weighted by atomic mass is 9.89. The van der Waals surface area contributed by atoms with E-state index in [2.05, 4.69) is 39.0 Å². The summed E-state index contributed by atoms with van der Waals surface area (Å²) >= 11 is 0. The number of tetrazole rings is 1. The molecule has 0 aliphatic heterocycles. The number of aromatic nitrogens is 4. The molecule has 0 fully saturated rings. The maximum absolute atomic E-state index is 12.3. The van der Waals surface area contributed by atoms with Gasteiger partial charge in [0.05, 0.1) is 11.7 Å². The molecule has 7 heteroatoms. The zero-order chi connectivity index (χ0) is 19.3. The van der Waals surface area contributed by atoms with Gasteiger partial charge in [-0.05, 0) is 71.9 Å². The molecule has 0 saturated heterocycles. The second-order valence-electron chi connectivity index (χ2n) is 7.06. The average Bonchev–Trinajstić information content (AvgIpc) is 3.27. The highest BCUT2D eigenvalue weighted by Crippen LogP contribution is 2.24. The van der Waals surface area contributed by atoms with E-state index < -0.39 is 0 Å². The highest BCUT2D eigenvalue weighted by molar-refractivity contribution is 5.78. The topological polar surface area (TPSA) is 81.9 Å². The summed E-state index contributed by atoms with van der Waals surface area (Å²) in [6.07, 6.45) is 6.31. The average molecular weight is 377 g/mol. The number of nitrogens with zero attached hydrogens (tertiary/aromatic N) is 4. The number of aryl methyl sites for hydroxylation is 2. The molecule has 1 aliphatic carbocycles. The maximum Gasteiger partial charge on any atom is 0.258 e. The molecule has 4 rings (SSSR count). The number of hydrogen-bond donors (Lipinski definition) is 1. The van der Waals surface area contributed by atoms with Crippen LogP contribution in [0.4, 0.5) is 0 Å². The Labute approximate surface area is 163 Å². The quantitative estimate of drug-likeness (QED) is 0.714. The number of benzene rings is 2. The fraction of sp³-hybridized carbons (Fsp3) is 0.333. The van der Waals surface area contributed by atoms with E-state index in [1.807, 2.05) is 19.1 Å². The zero-order valence-electron chi connectivity index (χ0n) is 15.8. The van der Waals surface area contributed by atoms with Crippen molar-refractivity contribution in [2.75, 3.05) is 6.61 Å². The minimum atomic E-state index is -0.155. The summed E-state index contributed by atoms with van der Waals surface area (Å²) in [6, 6.07) is 13.8. The first-order valence-electron chi connectivity index (χ1n) is 9.56. The molecule has 144 valence electrons. The maximum atomic E-state index is 12.3. The van der Waals surface area contributed by atoms with Crippen LogP contribution in [0.25, 0.3) is 5.69 Å². The van der Waals surface area contributed by atoms with Gasteiger partial charge in [0.2, 0.25) is 0 Å². The molecule has 3 aromatic rings. The van der Waals surface area contributed by atoms with Gasteiger partial charge in [-0.2, -0.15) is 0 Å². The molecular formula is C21H23N5O2. The van der Waals surface area contributed by atoms with Gasteiger partial charge in [0, 0.05) is 6.07 Å². The Balaban J connectivity index is 1.34. The molecule has 2 aromatic carbocycles. The Morgan fingerprint density at radius 3 is 2.86 bits per heavy atom. The Hall–Kier alpha value is -3.22. The van der Waals surface area contributed by atoms with Crippen molar-refractivity contribution in [3.63, 3.8) is 0 Å². The Bertz CT molecular complexity index is 955. The molecule has 7 nitrogen and oxygen atoms in total. The van der Waals surface area contributed by atoms with Gasteiger partial charge in [-0.25, -0.2) is 4.68 Å². The van der Waals surface area contributed by atoms with E-state index in [9.17, 15) is 4.79 Å². The van der Waals surface area contributed by atoms with Gasteiger partial charge in [0.1, 0.15) is 12.1 Å². The van der Waals surface area contributed by atoms with E-state index in [1.54, 1.807) is 12.1 Å². The Morgan fingerprint density at radius 2 is 2.04 bits per heavy atom. The smallest absolute Gasteiger partial charge is 0.258 e. The summed E-state index contributed by atoms with van der Waals surface area (Å²) in [6.45, 7) is 1.95. The molecule has 1 atom stereocenters. The Morgan fingerprint density at radius 1 is 1.18 bits per heavy atom. The van der Waals surface area contributed by atoms with E-state index in [4.69, 9.17) is 4.74 Å². The van der Waals surface area contributed by atoms with E-state index in [0.29, 0.717) is 5.75 Å². The van der Waals surface area contributed by atoms with Crippen molar-refractivity contribution < 1.29 is 9.53 Å². The largest absolute Gasteiger partial charge is 0.484 e. The number of amides is 1. The number of ether oxygens (including phenoxy) is 1. The van der Waals surface area contributed by atoms with Gasteiger partial charge in [0.15, 0.2) is 6.61 Å². The van der Waals surface area contributed by atoms with Crippen LogP contribution in [-0.2, 0) is 17.6 Å². The van der Waals surface area contributed by atoms with Crippen molar-refractivity contribution in [1.29, 1.82) is 0 Å². The SMILES string of the molecule is C[C@@H](NC(=O)COc1cccc(-n2cnnn2)c1)c1ccc2c(c1)CCCC2. The molecule has 1 N–H and O–H groups in total. The van der Waals surface area contributed by atoms with Crippen LogP contribution in [0.15, 0.2) is 48.8 Å². The molecule has 0 saturated carbocycles. The lowest BCUT2D eigenvalue weighted by Gasteiger charge is -2.20. The normalized spacial score (nSPS) is 14.2. The molecule has 1 amide bonds. The standard InChI is InChI=1S/C21H23N5O2/c1-15(17-10-9-16-5-2-3-6-18(16)11-17)23-21(27)13-28-20-8-4-7-19(12-20)26-14-22-24-25-26/h4,7-12,14-15H,2-3,5-6,13H2,1H3,(H,23,27)/t15-/m1/s1. The molecule has 28 heavy (non-hydrogen) atoms. The molecule has 0 bridgehead atoms. The van der Waals surface area contributed by atoms with Crippen LogP contribution < -0.4 is 10.1 Å². The van der Waals surface area contributed by atoms with Gasteiger partial charge in [-0.1, -0.05) is 24.3 Å². The molecule has 1 aromatic heterocycles. The monoisotopic (exact) mass is 377 g/mol. The van der Waals surface area contributed by atoms with E-state index in [1.165, 1.54) is 35.0 Å². The highest BCUT2D eigenvalue weighted by Gasteiger charge is 2.14. The first-order chi connectivity index (χ1) is 13.7. The first-order valence-corrected chi connectivity index (χ1v) is 9.56. The number of rotatable bonds is 6. The summed E-state index contributed by atoms with van der Waals surface area (Å²) in [7, 11) is 0. The number of carbonyl (C=O) groups excluding carboxylic acids is 1. The van der Waals surface area contributed by atoms with Crippen LogP contribution in [0.1, 0.15) is 42.5 Å². The summed E-state index contributed by atoms with van der Waals surface area (Å²) in [5.41, 5.74) is 4.76. The number of carbonyl (C=O) groups is 1. The van der Waals surface area contributed by atoms with Crippen LogP contribution >= 0.6 is 0 Å². The van der Waals surface area contributed by atoms with Crippen molar-refractivity contribution in [3.05, 3.63) is 65.5 Å². The number of hydrogen-bond acceptors (Lipinski definition) is 5. The summed E-state index contributed by atoms with van der Waals surface area (Å²) in [5.74, 6) is 0.433. The zero-order valence-corrected chi connectivity index (χ0v) is 15.8. The van der Waals surface area contributed by atoms with E-state index >= 15 is 0 Å². The minimum absolute atomic E-state index is 0.0473. The third-order valence-electron chi connectivity index (χ3n) is 5.05. The predicted molar refractivity (Wildman–Crippen MR) is 104 cm³/mol. The highest BCUT2D eigenvalue weighted by atomic mass is 16.5. The lowest BCUT2D eigenvalue weighted by molar-refractivity contribution is -0.123. The molecule has 0 unspecified atom stereocenters. The lowest BCUT2D eigenvalue weighted by Crippen LogP contribution is -2.31. The predicted octanol–water partition coefficient (Wildman–Crippen LogP) is 2.80. The van der Waals surface area contributed by atoms with Crippen LogP contribution in [0.3, 0.4) is 0 Å². The van der Waals surface area contributed by atoms with E-state index in [-0.39, 0.29) is 18.6 Å². The van der Waals surface area contributed by atoms with Gasteiger partial charge in [-0.15, -0.1) is 5.10 Å². The van der Waals surface area contributed by atoms with Gasteiger partial charge in [-0.3, -0.25) is 4.79 Å². The van der Waals surface area contributed by atoms with Crippen LogP contribution in [0.2, 0.25) is 0 Å². The van der Waals surface area contributed by atoms with Crippen LogP contribution in [0, 0.1) is 0 Å². The molecule has 1 aliphatic rings. The van der Waals surface area contributed by atoms with Gasteiger partial charge < -0.3 is 10.1 Å². The molecule has 1 heterocycles. The van der Waals surface area contributed by atoms with Crippen molar-refractivity contribution in [2.45, 2.75) is 38.6 Å². The van der Waals surface area contributed by atoms with E-state index in [0.717, 1.165) is 24.1 Å². The Kier molecular flexibility index (Phi) is 5.32. The van der Waals surface area contributed by atoms with Gasteiger partial charge in [0.25, 0.3) is 5.91 Å². The fourth-order valence-corrected chi connectivity index (χ4v) is 3.53. The summed E-state index contributed by atoms with van der Waals surface area (Å²) in [5, 5.41) is 14.1. The minimum Gasteiger partial charge on any atom is -0.484 e. The van der Waals surface area contributed by atoms with Gasteiger partial charge >= 0.3 is 0 Å². The third kappa shape index (κ3) is 4.19. The van der Waals surface area contributed by atoms with Crippen molar-refractivity contribution in [1.82, 2.24) is 25.5 Å². The van der Waals surface area contributed by atoms with Crippen molar-refractivity contribution in [3.8, 4) is 11.4 Å². The first kappa shape index (κ1) is 18.2. The molecular weight excluding hydrogens is 354 g/mol. The summed E-state index contributed by atoms with van der Waals surface area (Å²) < 4.78 is 7.17. The van der Waals surface area contributed by atoms with Crippen LogP contribution in [0.5, 0.6) is 5.75 Å². The van der Waals surface area contributed by atoms with Crippen LogP contribution in [-0.4, -0.2) is 32.7 Å². The molecule has 0 radical (unpaired) electrons. The summed E-state index contributed by atoms with van der Waals surface area (Å²) in [4.78, 5) is 12.3. The third-order valence-corrected chi connectivity index (χ3v) is 5.05. The number of fused-ring (bicyclic) bond motifs is 1. The number of nitrogens with one attached hydrogen (secondary N) is 1. The second-order valence-corrected chi connectivity index (χ2v) is 7.06. The van der Waals surface area contributed by atoms with Crippen molar-refractivity contribution >= 4 is 5.91 Å². The fourth-order valence-electron chi connectivity index (χ4n) is 3.53. The molecule has 0 spiro atoms. The second kappa shape index (κ2) is 8.21. The van der Waals surface area contributed by atoms with Crippen molar-refractivity contribution in [2.24, 2.45) is 0 Å².